The number of hydrogen-bond donors (Lipinski definition) is 1. The standard InChI is InChI=1S/C25H30N4O3/c1-4-32-25(31)24-23(20-16-18(2)10-11-21(20)27(24)3)26-22(30)17-28-12-14-29(15-13-28)19-8-6-5-7-9-19/h5-11,16H,4,12-15,17H2,1-3H3,(H,26,30). The SMILES string of the molecule is CCOC(=O)c1c(NC(=O)CN2CCN(c3ccccc3)CC2)c2cc(C)ccc2n1C. The number of amides is 1. The predicted molar refractivity (Wildman–Crippen MR) is 127 cm³/mol. The van der Waals surface area contributed by atoms with Gasteiger partial charge in [0.1, 0.15) is 0 Å². The van der Waals surface area contributed by atoms with Gasteiger partial charge < -0.3 is 19.5 Å². The molecular weight excluding hydrogens is 404 g/mol. The van der Waals surface area contributed by atoms with Crippen molar-refractivity contribution in [2.45, 2.75) is 13.8 Å². The number of aromatic nitrogens is 1. The first-order valence-electron chi connectivity index (χ1n) is 11.1. The van der Waals surface area contributed by atoms with Crippen LogP contribution in [0.5, 0.6) is 0 Å². The van der Waals surface area contributed by atoms with Crippen LogP contribution >= 0.6 is 0 Å². The molecule has 0 bridgehead atoms. The highest BCUT2D eigenvalue weighted by molar-refractivity contribution is 6.11. The number of hydrogen-bond acceptors (Lipinski definition) is 5. The van der Waals surface area contributed by atoms with Crippen LogP contribution in [0.3, 0.4) is 0 Å². The summed E-state index contributed by atoms with van der Waals surface area (Å²) in [5.74, 6) is -0.562. The Morgan fingerprint density at radius 2 is 1.75 bits per heavy atom. The van der Waals surface area contributed by atoms with Crippen molar-refractivity contribution >= 4 is 34.2 Å². The minimum absolute atomic E-state index is 0.127. The van der Waals surface area contributed by atoms with Crippen LogP contribution in [0.2, 0.25) is 0 Å². The van der Waals surface area contributed by atoms with Crippen LogP contribution in [0.15, 0.2) is 48.5 Å². The molecule has 1 aliphatic heterocycles. The van der Waals surface area contributed by atoms with Gasteiger partial charge in [0, 0.05) is 44.3 Å². The molecule has 0 radical (unpaired) electrons. The number of nitrogens with zero attached hydrogens (tertiary/aromatic N) is 3. The molecule has 7 nitrogen and oxygen atoms in total. The van der Waals surface area contributed by atoms with Gasteiger partial charge in [-0.05, 0) is 38.1 Å². The van der Waals surface area contributed by atoms with E-state index in [1.54, 1.807) is 11.5 Å². The summed E-state index contributed by atoms with van der Waals surface area (Å²) in [6, 6.07) is 16.3. The van der Waals surface area contributed by atoms with E-state index >= 15 is 0 Å². The molecule has 0 saturated carbocycles. The van der Waals surface area contributed by atoms with Crippen molar-refractivity contribution in [3.05, 3.63) is 59.8 Å². The van der Waals surface area contributed by atoms with Gasteiger partial charge in [-0.15, -0.1) is 0 Å². The third-order valence-corrected chi connectivity index (χ3v) is 5.95. The lowest BCUT2D eigenvalue weighted by Crippen LogP contribution is -2.48. The Hall–Kier alpha value is -3.32. The fraction of sp³-hybridized carbons (Fsp3) is 0.360. The van der Waals surface area contributed by atoms with Crippen molar-refractivity contribution in [3.8, 4) is 0 Å². The maximum Gasteiger partial charge on any atom is 0.357 e. The van der Waals surface area contributed by atoms with Crippen LogP contribution < -0.4 is 10.2 Å². The van der Waals surface area contributed by atoms with E-state index < -0.39 is 5.97 Å². The van der Waals surface area contributed by atoms with Crippen molar-refractivity contribution in [1.29, 1.82) is 0 Å². The van der Waals surface area contributed by atoms with Gasteiger partial charge in [-0.25, -0.2) is 4.79 Å². The van der Waals surface area contributed by atoms with Gasteiger partial charge in [0.05, 0.1) is 24.4 Å². The summed E-state index contributed by atoms with van der Waals surface area (Å²) in [5.41, 5.74) is 4.05. The Bertz CT molecular complexity index is 1120. The van der Waals surface area contributed by atoms with Gasteiger partial charge in [-0.3, -0.25) is 9.69 Å². The molecule has 0 aliphatic carbocycles. The van der Waals surface area contributed by atoms with Crippen LogP contribution in [0, 0.1) is 6.92 Å². The van der Waals surface area contributed by atoms with Gasteiger partial charge in [-0.1, -0.05) is 29.8 Å². The lowest BCUT2D eigenvalue weighted by atomic mass is 10.1. The molecule has 168 valence electrons. The van der Waals surface area contributed by atoms with Crippen LogP contribution in [0.4, 0.5) is 11.4 Å². The molecule has 0 atom stereocenters. The summed E-state index contributed by atoms with van der Waals surface area (Å²) < 4.78 is 7.06. The van der Waals surface area contributed by atoms with Crippen molar-refractivity contribution in [2.24, 2.45) is 7.05 Å². The smallest absolute Gasteiger partial charge is 0.357 e. The van der Waals surface area contributed by atoms with Crippen molar-refractivity contribution in [3.63, 3.8) is 0 Å². The first-order chi connectivity index (χ1) is 15.5. The van der Waals surface area contributed by atoms with Gasteiger partial charge >= 0.3 is 5.97 Å². The number of anilines is 2. The van der Waals surface area contributed by atoms with Crippen molar-refractivity contribution < 1.29 is 14.3 Å². The zero-order valence-electron chi connectivity index (χ0n) is 18.9. The monoisotopic (exact) mass is 434 g/mol. The molecule has 0 unspecified atom stereocenters. The van der Waals surface area contributed by atoms with E-state index in [1.807, 2.05) is 50.4 Å². The molecular formula is C25H30N4O3. The highest BCUT2D eigenvalue weighted by Gasteiger charge is 2.25. The molecule has 4 rings (SSSR count). The van der Waals surface area contributed by atoms with E-state index in [1.165, 1.54) is 5.69 Å². The molecule has 2 aromatic carbocycles. The second kappa shape index (κ2) is 9.44. The third-order valence-electron chi connectivity index (χ3n) is 5.95. The summed E-state index contributed by atoms with van der Waals surface area (Å²) in [5, 5.41) is 3.86. The lowest BCUT2D eigenvalue weighted by Gasteiger charge is -2.35. The lowest BCUT2D eigenvalue weighted by molar-refractivity contribution is -0.117. The Morgan fingerprint density at radius 1 is 1.03 bits per heavy atom. The summed E-state index contributed by atoms with van der Waals surface area (Å²) in [6.07, 6.45) is 0. The van der Waals surface area contributed by atoms with Gasteiger partial charge in [0.2, 0.25) is 5.91 Å². The minimum Gasteiger partial charge on any atom is -0.461 e. The van der Waals surface area contributed by atoms with Crippen LogP contribution in [0.1, 0.15) is 23.0 Å². The largest absolute Gasteiger partial charge is 0.461 e. The number of benzene rings is 2. The van der Waals surface area contributed by atoms with Gasteiger partial charge in [0.15, 0.2) is 5.69 Å². The van der Waals surface area contributed by atoms with E-state index in [0.29, 0.717) is 11.4 Å². The number of carbonyl (C=O) groups is 2. The second-order valence-electron chi connectivity index (χ2n) is 8.17. The summed E-state index contributed by atoms with van der Waals surface area (Å²) >= 11 is 0. The van der Waals surface area contributed by atoms with Crippen LogP contribution in [-0.4, -0.2) is 60.7 Å². The number of para-hydroxylation sites is 1. The summed E-state index contributed by atoms with van der Waals surface area (Å²) in [6.45, 7) is 7.69. The Kier molecular flexibility index (Phi) is 6.46. The Balaban J connectivity index is 1.48. The van der Waals surface area contributed by atoms with E-state index in [2.05, 4.69) is 27.2 Å². The van der Waals surface area contributed by atoms with E-state index in [0.717, 1.165) is 42.6 Å². The average molecular weight is 435 g/mol. The number of esters is 1. The van der Waals surface area contributed by atoms with Crippen LogP contribution in [-0.2, 0) is 16.6 Å². The molecule has 3 aromatic rings. The topological polar surface area (TPSA) is 66.8 Å². The number of aryl methyl sites for hydroxylation is 2. The maximum atomic E-state index is 13.0. The molecule has 2 heterocycles. The second-order valence-corrected chi connectivity index (χ2v) is 8.17. The Morgan fingerprint density at radius 3 is 2.44 bits per heavy atom. The zero-order chi connectivity index (χ0) is 22.7. The van der Waals surface area contributed by atoms with Gasteiger partial charge in [0.25, 0.3) is 0 Å². The minimum atomic E-state index is -0.435. The summed E-state index contributed by atoms with van der Waals surface area (Å²) in [4.78, 5) is 30.1. The average Bonchev–Trinajstić information content (AvgIpc) is 3.05. The van der Waals surface area contributed by atoms with E-state index in [4.69, 9.17) is 4.74 Å². The van der Waals surface area contributed by atoms with E-state index in [9.17, 15) is 9.59 Å². The molecule has 1 fully saturated rings. The van der Waals surface area contributed by atoms with Crippen LogP contribution in [0.25, 0.3) is 10.9 Å². The fourth-order valence-corrected chi connectivity index (χ4v) is 4.31. The van der Waals surface area contributed by atoms with E-state index in [-0.39, 0.29) is 19.1 Å². The highest BCUT2D eigenvalue weighted by Crippen LogP contribution is 2.32. The molecule has 1 amide bonds. The first kappa shape index (κ1) is 21.9. The molecule has 1 N–H and O–H groups in total. The third kappa shape index (κ3) is 4.48. The quantitative estimate of drug-likeness (QED) is 0.602. The van der Waals surface area contributed by atoms with Gasteiger partial charge in [-0.2, -0.15) is 0 Å². The zero-order valence-corrected chi connectivity index (χ0v) is 18.9. The Labute approximate surface area is 188 Å². The van der Waals surface area contributed by atoms with Crippen molar-refractivity contribution in [1.82, 2.24) is 9.47 Å². The number of fused-ring (bicyclic) bond motifs is 1. The number of rotatable bonds is 6. The number of nitrogens with one attached hydrogen (secondary N) is 1. The molecule has 0 spiro atoms. The number of piperazine rings is 1. The maximum absolute atomic E-state index is 13.0. The normalized spacial score (nSPS) is 14.5. The molecule has 1 saturated heterocycles. The van der Waals surface area contributed by atoms with Crippen molar-refractivity contribution in [2.75, 3.05) is 49.5 Å². The number of ether oxygens (including phenoxy) is 1. The molecule has 7 heteroatoms. The summed E-state index contributed by atoms with van der Waals surface area (Å²) in [7, 11) is 1.82. The molecule has 32 heavy (non-hydrogen) atoms. The first-order valence-corrected chi connectivity index (χ1v) is 11.1. The fourth-order valence-electron chi connectivity index (χ4n) is 4.31. The highest BCUT2D eigenvalue weighted by atomic mass is 16.5. The molecule has 1 aromatic heterocycles. The molecule has 1 aliphatic rings. The predicted octanol–water partition coefficient (Wildman–Crippen LogP) is 3.42. The number of carbonyl (C=O) groups excluding carboxylic acids is 2.